The summed E-state index contributed by atoms with van der Waals surface area (Å²) in [5.74, 6) is 0. The first-order chi connectivity index (χ1) is 6.29. The molecule has 0 bridgehead atoms. The van der Waals surface area contributed by atoms with Gasteiger partial charge in [-0.15, -0.1) is 5.46 Å². The molecule has 0 unspecified atom stereocenters. The average Bonchev–Trinajstić information content (AvgIpc) is 2.23. The molecule has 72 valence electrons. The molecule has 1 aromatic rings. The number of hydrogen-bond acceptors (Lipinski definition) is 3. The second-order valence-electron chi connectivity index (χ2n) is 2.76. The van der Waals surface area contributed by atoms with E-state index < -0.39 is 6.75 Å². The minimum absolute atomic E-state index is 0.898. The average molecular weight is 181 g/mol. The Labute approximate surface area is 78.6 Å². The molecule has 0 spiro atoms. The summed E-state index contributed by atoms with van der Waals surface area (Å²) in [6, 6.07) is 9.60. The van der Waals surface area contributed by atoms with E-state index in [0.717, 1.165) is 5.46 Å². The van der Waals surface area contributed by atoms with E-state index in [1.54, 1.807) is 21.3 Å². The maximum atomic E-state index is 5.24. The Kier molecular flexibility index (Phi) is 3.48. The summed E-state index contributed by atoms with van der Waals surface area (Å²) in [6.45, 7) is -1.76. The number of rotatable bonds is 4. The standard InChI is InChI=1S/C9H14BO3/c1-11-10(12-2,13-3)9-7-5-4-6-8-9/h4-8H,1-3H3/q-1. The van der Waals surface area contributed by atoms with Gasteiger partial charge in [0.05, 0.1) is 0 Å². The van der Waals surface area contributed by atoms with Gasteiger partial charge in [0.25, 0.3) is 0 Å². The summed E-state index contributed by atoms with van der Waals surface area (Å²) < 4.78 is 15.7. The summed E-state index contributed by atoms with van der Waals surface area (Å²) >= 11 is 0. The third-order valence-corrected chi connectivity index (χ3v) is 2.14. The van der Waals surface area contributed by atoms with E-state index in [0.29, 0.717) is 0 Å². The van der Waals surface area contributed by atoms with E-state index in [2.05, 4.69) is 0 Å². The molecule has 0 aromatic heterocycles. The molecule has 0 radical (unpaired) electrons. The van der Waals surface area contributed by atoms with Crippen LogP contribution in [0.15, 0.2) is 30.3 Å². The van der Waals surface area contributed by atoms with Crippen LogP contribution in [0.25, 0.3) is 0 Å². The predicted molar refractivity (Wildman–Crippen MR) is 52.9 cm³/mol. The van der Waals surface area contributed by atoms with Gasteiger partial charge >= 0.3 is 6.75 Å². The highest BCUT2D eigenvalue weighted by Gasteiger charge is 2.27. The molecule has 0 fully saturated rings. The third-order valence-electron chi connectivity index (χ3n) is 2.14. The minimum Gasteiger partial charge on any atom is -0.543 e. The molecule has 0 saturated heterocycles. The van der Waals surface area contributed by atoms with Crippen LogP contribution in [0, 0.1) is 0 Å². The van der Waals surface area contributed by atoms with Crippen molar-refractivity contribution in [3.8, 4) is 0 Å². The van der Waals surface area contributed by atoms with Gasteiger partial charge in [-0.1, -0.05) is 30.3 Å². The van der Waals surface area contributed by atoms with Gasteiger partial charge in [-0.2, -0.15) is 0 Å². The van der Waals surface area contributed by atoms with Crippen LogP contribution < -0.4 is 5.46 Å². The molecule has 0 heterocycles. The predicted octanol–water partition coefficient (Wildman–Crippen LogP) is 0.772. The molecule has 0 saturated carbocycles. The summed E-state index contributed by atoms with van der Waals surface area (Å²) in [5, 5.41) is 0. The fraction of sp³-hybridized carbons (Fsp3) is 0.333. The van der Waals surface area contributed by atoms with Gasteiger partial charge in [0.2, 0.25) is 0 Å². The summed E-state index contributed by atoms with van der Waals surface area (Å²) in [7, 11) is 4.71. The van der Waals surface area contributed by atoms with E-state index in [9.17, 15) is 0 Å². The summed E-state index contributed by atoms with van der Waals surface area (Å²) in [5.41, 5.74) is 0.898. The smallest absolute Gasteiger partial charge is 0.409 e. The highest BCUT2D eigenvalue weighted by atomic mass is 16.7. The summed E-state index contributed by atoms with van der Waals surface area (Å²) in [4.78, 5) is 0. The molecule has 1 aromatic carbocycles. The molecule has 0 aliphatic carbocycles. The summed E-state index contributed by atoms with van der Waals surface area (Å²) in [6.07, 6.45) is 0. The van der Waals surface area contributed by atoms with E-state index >= 15 is 0 Å². The van der Waals surface area contributed by atoms with E-state index in [4.69, 9.17) is 14.0 Å². The molecule has 1 rings (SSSR count). The largest absolute Gasteiger partial charge is 0.543 e. The zero-order chi connectivity index (χ0) is 9.73. The van der Waals surface area contributed by atoms with Crippen molar-refractivity contribution in [1.29, 1.82) is 0 Å². The highest BCUT2D eigenvalue weighted by Crippen LogP contribution is 2.05. The molecule has 3 nitrogen and oxygen atoms in total. The molecule has 13 heavy (non-hydrogen) atoms. The fourth-order valence-corrected chi connectivity index (χ4v) is 1.39. The Morgan fingerprint density at radius 2 is 1.31 bits per heavy atom. The highest BCUT2D eigenvalue weighted by molar-refractivity contribution is 6.75. The van der Waals surface area contributed by atoms with E-state index in [-0.39, 0.29) is 0 Å². The maximum Gasteiger partial charge on any atom is 0.409 e. The van der Waals surface area contributed by atoms with Crippen LogP contribution in [0.1, 0.15) is 0 Å². The molecule has 0 N–H and O–H groups in total. The van der Waals surface area contributed by atoms with E-state index in [1.165, 1.54) is 0 Å². The van der Waals surface area contributed by atoms with Crippen LogP contribution >= 0.6 is 0 Å². The zero-order valence-corrected chi connectivity index (χ0v) is 8.19. The minimum atomic E-state index is -1.76. The van der Waals surface area contributed by atoms with Gasteiger partial charge in [0.15, 0.2) is 0 Å². The van der Waals surface area contributed by atoms with Crippen molar-refractivity contribution in [2.45, 2.75) is 0 Å². The normalized spacial score (nSPS) is 11.6. The SMILES string of the molecule is CO[B-](OC)(OC)c1ccccc1. The first kappa shape index (κ1) is 10.2. The van der Waals surface area contributed by atoms with E-state index in [1.807, 2.05) is 30.3 Å². The van der Waals surface area contributed by atoms with Crippen molar-refractivity contribution in [2.75, 3.05) is 21.3 Å². The van der Waals surface area contributed by atoms with Gasteiger partial charge in [0.1, 0.15) is 0 Å². The van der Waals surface area contributed by atoms with Gasteiger partial charge in [-0.25, -0.2) is 0 Å². The maximum absolute atomic E-state index is 5.24. The quantitative estimate of drug-likeness (QED) is 0.642. The van der Waals surface area contributed by atoms with Gasteiger partial charge in [-0.3, -0.25) is 0 Å². The molecular weight excluding hydrogens is 167 g/mol. The topological polar surface area (TPSA) is 27.7 Å². The van der Waals surface area contributed by atoms with Crippen molar-refractivity contribution in [3.63, 3.8) is 0 Å². The van der Waals surface area contributed by atoms with Crippen LogP contribution in [0.3, 0.4) is 0 Å². The molecule has 0 aliphatic rings. The third kappa shape index (κ3) is 1.91. The van der Waals surface area contributed by atoms with Crippen molar-refractivity contribution >= 4 is 12.2 Å². The first-order valence-corrected chi connectivity index (χ1v) is 4.13. The Bertz CT molecular complexity index is 238. The Morgan fingerprint density at radius 3 is 1.69 bits per heavy atom. The molecular formula is C9H14BO3-. The lowest BCUT2D eigenvalue weighted by Gasteiger charge is -2.37. The van der Waals surface area contributed by atoms with Crippen molar-refractivity contribution in [1.82, 2.24) is 0 Å². The van der Waals surface area contributed by atoms with Crippen molar-refractivity contribution < 1.29 is 14.0 Å². The number of benzene rings is 1. The second kappa shape index (κ2) is 4.41. The van der Waals surface area contributed by atoms with Gasteiger partial charge in [-0.05, 0) is 21.3 Å². The lowest BCUT2D eigenvalue weighted by Crippen LogP contribution is -2.54. The Hall–Kier alpha value is -0.835. The molecule has 0 atom stereocenters. The van der Waals surface area contributed by atoms with Gasteiger partial charge in [0, 0.05) is 0 Å². The van der Waals surface area contributed by atoms with Crippen LogP contribution in [0.2, 0.25) is 0 Å². The fourth-order valence-electron chi connectivity index (χ4n) is 1.39. The van der Waals surface area contributed by atoms with Gasteiger partial charge < -0.3 is 14.0 Å². The monoisotopic (exact) mass is 181 g/mol. The van der Waals surface area contributed by atoms with Crippen LogP contribution in [0.4, 0.5) is 0 Å². The molecule has 0 aliphatic heterocycles. The van der Waals surface area contributed by atoms with Crippen LogP contribution in [-0.4, -0.2) is 28.1 Å². The lowest BCUT2D eigenvalue weighted by atomic mass is 9.69. The van der Waals surface area contributed by atoms with Crippen molar-refractivity contribution in [3.05, 3.63) is 30.3 Å². The Balaban J connectivity index is 3.01. The molecule has 0 amide bonds. The Morgan fingerprint density at radius 1 is 0.846 bits per heavy atom. The first-order valence-electron chi connectivity index (χ1n) is 4.13. The second-order valence-corrected chi connectivity index (χ2v) is 2.76. The lowest BCUT2D eigenvalue weighted by molar-refractivity contribution is 0.140. The number of hydrogen-bond donors (Lipinski definition) is 0. The van der Waals surface area contributed by atoms with Crippen LogP contribution in [-0.2, 0) is 14.0 Å². The molecule has 4 heteroatoms. The van der Waals surface area contributed by atoms with Crippen molar-refractivity contribution in [2.24, 2.45) is 0 Å². The zero-order valence-electron chi connectivity index (χ0n) is 8.19. The van der Waals surface area contributed by atoms with Crippen LogP contribution in [0.5, 0.6) is 0 Å².